The monoisotopic (exact) mass is 360 g/mol. The summed E-state index contributed by atoms with van der Waals surface area (Å²) in [4.78, 5) is 5.01. The highest BCUT2D eigenvalue weighted by Crippen LogP contribution is 2.24. The second-order valence-electron chi connectivity index (χ2n) is 6.35. The van der Waals surface area contributed by atoms with Crippen molar-refractivity contribution in [2.75, 3.05) is 37.7 Å². The van der Waals surface area contributed by atoms with Crippen LogP contribution in [0.15, 0.2) is 24.3 Å². The number of nitrogens with zero attached hydrogens (tertiary/aromatic N) is 2. The van der Waals surface area contributed by atoms with E-state index in [9.17, 15) is 13.2 Å². The van der Waals surface area contributed by atoms with Crippen LogP contribution in [0.4, 0.5) is 13.2 Å². The van der Waals surface area contributed by atoms with Crippen molar-refractivity contribution in [3.63, 3.8) is 0 Å². The first-order chi connectivity index (χ1) is 11.5. The first-order valence-electron chi connectivity index (χ1n) is 8.38. The van der Waals surface area contributed by atoms with E-state index in [2.05, 4.69) is 14.5 Å². The Labute approximate surface area is 145 Å². The molecule has 0 atom stereocenters. The van der Waals surface area contributed by atoms with Crippen molar-refractivity contribution in [3.8, 4) is 5.75 Å². The predicted octanol–water partition coefficient (Wildman–Crippen LogP) is 3.60. The quantitative estimate of drug-likeness (QED) is 0.815. The van der Waals surface area contributed by atoms with E-state index >= 15 is 0 Å². The number of ether oxygens (including phenoxy) is 1. The number of hydrogen-bond donors (Lipinski definition) is 0. The fraction of sp³-hybridized carbons (Fsp3) is 0.647. The summed E-state index contributed by atoms with van der Waals surface area (Å²) >= 11 is 2.04. The number of benzene rings is 1. The SMILES string of the molecule is FC(F)(F)Oc1ccc(CN2CCC(N3CCSCC3)CC2)cc1. The maximum atomic E-state index is 12.2. The molecule has 0 aliphatic carbocycles. The third-order valence-corrected chi connectivity index (χ3v) is 5.62. The molecule has 1 aromatic carbocycles. The van der Waals surface area contributed by atoms with Gasteiger partial charge in [-0.05, 0) is 43.6 Å². The van der Waals surface area contributed by atoms with Gasteiger partial charge in [-0.2, -0.15) is 11.8 Å². The second kappa shape index (κ2) is 7.97. The van der Waals surface area contributed by atoms with Crippen LogP contribution in [0.5, 0.6) is 5.75 Å². The van der Waals surface area contributed by atoms with Gasteiger partial charge in [0.1, 0.15) is 5.75 Å². The van der Waals surface area contributed by atoms with Gasteiger partial charge in [0.15, 0.2) is 0 Å². The molecule has 0 radical (unpaired) electrons. The van der Waals surface area contributed by atoms with Crippen molar-refractivity contribution in [2.45, 2.75) is 31.8 Å². The Bertz CT molecular complexity index is 510. The molecule has 0 saturated carbocycles. The summed E-state index contributed by atoms with van der Waals surface area (Å²) in [6.07, 6.45) is -2.27. The zero-order valence-corrected chi connectivity index (χ0v) is 14.4. The summed E-state index contributed by atoms with van der Waals surface area (Å²) in [5.74, 6) is 2.33. The molecule has 3 nitrogen and oxygen atoms in total. The van der Waals surface area contributed by atoms with Gasteiger partial charge >= 0.3 is 6.36 Å². The summed E-state index contributed by atoms with van der Waals surface area (Å²) in [5, 5.41) is 0. The molecule has 0 spiro atoms. The fourth-order valence-electron chi connectivity index (χ4n) is 3.44. The average molecular weight is 360 g/mol. The molecule has 2 saturated heterocycles. The van der Waals surface area contributed by atoms with Gasteiger partial charge in [-0.25, -0.2) is 0 Å². The molecular weight excluding hydrogens is 337 g/mol. The van der Waals surface area contributed by atoms with Crippen molar-refractivity contribution in [1.29, 1.82) is 0 Å². The third kappa shape index (κ3) is 5.29. The number of halogens is 3. The van der Waals surface area contributed by atoms with E-state index in [4.69, 9.17) is 0 Å². The fourth-order valence-corrected chi connectivity index (χ4v) is 4.37. The molecule has 2 aliphatic heterocycles. The van der Waals surface area contributed by atoms with E-state index in [-0.39, 0.29) is 5.75 Å². The van der Waals surface area contributed by atoms with Gasteiger partial charge in [-0.1, -0.05) is 12.1 Å². The Hall–Kier alpha value is -0.920. The Balaban J connectivity index is 1.45. The zero-order valence-electron chi connectivity index (χ0n) is 13.6. The molecule has 1 aromatic rings. The van der Waals surface area contributed by atoms with Crippen LogP contribution in [0.25, 0.3) is 0 Å². The molecule has 3 rings (SSSR count). The highest BCUT2D eigenvalue weighted by molar-refractivity contribution is 7.99. The lowest BCUT2D eigenvalue weighted by atomic mass is 10.0. The number of alkyl halides is 3. The second-order valence-corrected chi connectivity index (χ2v) is 7.57. The normalized spacial score (nSPS) is 21.8. The van der Waals surface area contributed by atoms with Crippen LogP contribution >= 0.6 is 11.8 Å². The molecule has 0 N–H and O–H groups in total. The smallest absolute Gasteiger partial charge is 0.406 e. The summed E-state index contributed by atoms with van der Waals surface area (Å²) < 4.78 is 40.4. The number of likely N-dealkylation sites (tertiary alicyclic amines) is 1. The lowest BCUT2D eigenvalue weighted by Crippen LogP contribution is -2.47. The minimum Gasteiger partial charge on any atom is -0.406 e. The Morgan fingerprint density at radius 1 is 1.00 bits per heavy atom. The molecule has 134 valence electrons. The summed E-state index contributed by atoms with van der Waals surface area (Å²) in [5.41, 5.74) is 1.03. The molecule has 0 aromatic heterocycles. The number of piperidine rings is 1. The maximum absolute atomic E-state index is 12.2. The molecule has 7 heteroatoms. The average Bonchev–Trinajstić information content (AvgIpc) is 2.57. The number of rotatable bonds is 4. The highest BCUT2D eigenvalue weighted by Gasteiger charge is 2.31. The minimum absolute atomic E-state index is 0.159. The first-order valence-corrected chi connectivity index (χ1v) is 9.54. The lowest BCUT2D eigenvalue weighted by molar-refractivity contribution is -0.274. The van der Waals surface area contributed by atoms with Crippen LogP contribution in [0.3, 0.4) is 0 Å². The van der Waals surface area contributed by atoms with E-state index in [1.165, 1.54) is 49.6 Å². The highest BCUT2D eigenvalue weighted by atomic mass is 32.2. The Kier molecular flexibility index (Phi) is 5.94. The lowest BCUT2D eigenvalue weighted by Gasteiger charge is -2.40. The van der Waals surface area contributed by atoms with Crippen molar-refractivity contribution in [3.05, 3.63) is 29.8 Å². The van der Waals surface area contributed by atoms with Crippen molar-refractivity contribution >= 4 is 11.8 Å². The molecule has 0 bridgehead atoms. The van der Waals surface area contributed by atoms with Crippen molar-refractivity contribution < 1.29 is 17.9 Å². The molecule has 0 amide bonds. The van der Waals surface area contributed by atoms with E-state index in [0.29, 0.717) is 6.04 Å². The van der Waals surface area contributed by atoms with Gasteiger partial charge in [-0.3, -0.25) is 9.80 Å². The molecule has 2 heterocycles. The van der Waals surface area contributed by atoms with Gasteiger partial charge in [-0.15, -0.1) is 13.2 Å². The first kappa shape index (κ1) is 17.9. The molecule has 2 aliphatic rings. The van der Waals surface area contributed by atoms with Crippen LogP contribution < -0.4 is 4.74 Å². The van der Waals surface area contributed by atoms with Gasteiger partial charge < -0.3 is 4.74 Å². The van der Waals surface area contributed by atoms with Gasteiger partial charge in [0.05, 0.1) is 0 Å². The number of hydrogen-bond acceptors (Lipinski definition) is 4. The zero-order chi connectivity index (χ0) is 17.0. The largest absolute Gasteiger partial charge is 0.573 e. The van der Waals surface area contributed by atoms with E-state index in [1.807, 2.05) is 11.8 Å². The summed E-state index contributed by atoms with van der Waals surface area (Å²) in [6.45, 7) is 5.30. The standard InChI is InChI=1S/C17H23F3N2OS/c18-17(19,20)23-16-3-1-14(2-4-16)13-21-7-5-15(6-8-21)22-9-11-24-12-10-22/h1-4,15H,5-13H2. The maximum Gasteiger partial charge on any atom is 0.573 e. The van der Waals surface area contributed by atoms with Gasteiger partial charge in [0.2, 0.25) is 0 Å². The Morgan fingerprint density at radius 3 is 2.21 bits per heavy atom. The van der Waals surface area contributed by atoms with Crippen LogP contribution in [-0.4, -0.2) is 59.9 Å². The van der Waals surface area contributed by atoms with Gasteiger partial charge in [0, 0.05) is 37.2 Å². The van der Waals surface area contributed by atoms with Crippen LogP contribution in [0, 0.1) is 0 Å². The molecule has 2 fully saturated rings. The molecule has 0 unspecified atom stereocenters. The van der Waals surface area contributed by atoms with Gasteiger partial charge in [0.25, 0.3) is 0 Å². The summed E-state index contributed by atoms with van der Waals surface area (Å²) in [7, 11) is 0. The molecule has 24 heavy (non-hydrogen) atoms. The third-order valence-electron chi connectivity index (χ3n) is 4.68. The van der Waals surface area contributed by atoms with Crippen LogP contribution in [0.1, 0.15) is 18.4 Å². The Morgan fingerprint density at radius 2 is 1.62 bits per heavy atom. The molecular formula is C17H23F3N2OS. The number of thioether (sulfide) groups is 1. The predicted molar refractivity (Wildman–Crippen MR) is 90.3 cm³/mol. The van der Waals surface area contributed by atoms with Crippen LogP contribution in [0.2, 0.25) is 0 Å². The van der Waals surface area contributed by atoms with E-state index in [1.54, 1.807) is 12.1 Å². The van der Waals surface area contributed by atoms with Crippen molar-refractivity contribution in [2.24, 2.45) is 0 Å². The van der Waals surface area contributed by atoms with E-state index < -0.39 is 6.36 Å². The van der Waals surface area contributed by atoms with E-state index in [0.717, 1.165) is 25.2 Å². The minimum atomic E-state index is -4.63. The topological polar surface area (TPSA) is 15.7 Å². The summed E-state index contributed by atoms with van der Waals surface area (Å²) in [6, 6.07) is 6.91. The van der Waals surface area contributed by atoms with Crippen LogP contribution in [-0.2, 0) is 6.54 Å². The van der Waals surface area contributed by atoms with Crippen molar-refractivity contribution in [1.82, 2.24) is 9.80 Å².